The first-order chi connectivity index (χ1) is 11.5. The SMILES string of the molecule is COC(=O)c1ccc([C@H]2CC(=O)c3ccc(OC)cc3O2)cc1F. The molecule has 0 amide bonds. The van der Waals surface area contributed by atoms with Crippen LogP contribution in [0.3, 0.4) is 0 Å². The molecule has 6 heteroatoms. The van der Waals surface area contributed by atoms with Gasteiger partial charge in [-0.25, -0.2) is 9.18 Å². The molecule has 0 saturated carbocycles. The van der Waals surface area contributed by atoms with E-state index in [0.717, 1.165) is 0 Å². The van der Waals surface area contributed by atoms with Crippen molar-refractivity contribution in [3.63, 3.8) is 0 Å². The van der Waals surface area contributed by atoms with E-state index in [1.54, 1.807) is 24.3 Å². The van der Waals surface area contributed by atoms with Crippen LogP contribution in [0.15, 0.2) is 36.4 Å². The molecule has 3 rings (SSSR count). The molecule has 0 radical (unpaired) electrons. The zero-order chi connectivity index (χ0) is 17.3. The van der Waals surface area contributed by atoms with Gasteiger partial charge in [-0.15, -0.1) is 0 Å². The molecule has 1 atom stereocenters. The van der Waals surface area contributed by atoms with E-state index in [0.29, 0.717) is 22.6 Å². The molecule has 1 heterocycles. The Balaban J connectivity index is 1.92. The number of halogens is 1. The van der Waals surface area contributed by atoms with Crippen LogP contribution < -0.4 is 9.47 Å². The molecule has 0 unspecified atom stereocenters. The molecule has 1 aliphatic heterocycles. The molecule has 0 N–H and O–H groups in total. The van der Waals surface area contributed by atoms with Gasteiger partial charge in [-0.2, -0.15) is 0 Å². The van der Waals surface area contributed by atoms with Gasteiger partial charge in [0.25, 0.3) is 0 Å². The van der Waals surface area contributed by atoms with Crippen molar-refractivity contribution >= 4 is 11.8 Å². The van der Waals surface area contributed by atoms with Crippen LogP contribution in [0.1, 0.15) is 38.8 Å². The summed E-state index contributed by atoms with van der Waals surface area (Å²) in [5, 5.41) is 0. The largest absolute Gasteiger partial charge is 0.497 e. The summed E-state index contributed by atoms with van der Waals surface area (Å²) in [5.74, 6) is -0.606. The molecular weight excluding hydrogens is 315 g/mol. The number of hydrogen-bond donors (Lipinski definition) is 0. The molecule has 0 spiro atoms. The van der Waals surface area contributed by atoms with Crippen LogP contribution in [0.2, 0.25) is 0 Å². The van der Waals surface area contributed by atoms with E-state index in [2.05, 4.69) is 4.74 Å². The maximum atomic E-state index is 14.1. The van der Waals surface area contributed by atoms with Gasteiger partial charge < -0.3 is 14.2 Å². The number of ether oxygens (including phenoxy) is 3. The summed E-state index contributed by atoms with van der Waals surface area (Å²) in [7, 11) is 2.70. The highest BCUT2D eigenvalue weighted by Gasteiger charge is 2.29. The number of carbonyl (C=O) groups excluding carboxylic acids is 2. The Morgan fingerprint density at radius 2 is 2.00 bits per heavy atom. The fraction of sp³-hybridized carbons (Fsp3) is 0.222. The third kappa shape index (κ3) is 2.82. The Hall–Kier alpha value is -2.89. The van der Waals surface area contributed by atoms with Gasteiger partial charge in [0.05, 0.1) is 31.8 Å². The first-order valence-corrected chi connectivity index (χ1v) is 7.29. The fourth-order valence-electron chi connectivity index (χ4n) is 2.62. The summed E-state index contributed by atoms with van der Waals surface area (Å²) in [6.45, 7) is 0. The van der Waals surface area contributed by atoms with Crippen molar-refractivity contribution in [3.05, 3.63) is 58.9 Å². The van der Waals surface area contributed by atoms with Crippen LogP contribution in [-0.2, 0) is 4.74 Å². The van der Waals surface area contributed by atoms with Crippen molar-refractivity contribution in [1.29, 1.82) is 0 Å². The van der Waals surface area contributed by atoms with E-state index in [1.165, 1.54) is 26.4 Å². The minimum atomic E-state index is -0.755. The molecule has 24 heavy (non-hydrogen) atoms. The number of benzene rings is 2. The normalized spacial score (nSPS) is 16.1. The highest BCUT2D eigenvalue weighted by Crippen LogP contribution is 2.37. The van der Waals surface area contributed by atoms with Gasteiger partial charge in [-0.1, -0.05) is 6.07 Å². The van der Waals surface area contributed by atoms with Crippen LogP contribution in [0.5, 0.6) is 11.5 Å². The van der Waals surface area contributed by atoms with E-state index < -0.39 is 17.9 Å². The second-order valence-electron chi connectivity index (χ2n) is 5.33. The topological polar surface area (TPSA) is 61.8 Å². The number of fused-ring (bicyclic) bond motifs is 1. The van der Waals surface area contributed by atoms with Crippen molar-refractivity contribution < 1.29 is 28.2 Å². The summed E-state index contributed by atoms with van der Waals surface area (Å²) in [4.78, 5) is 23.7. The van der Waals surface area contributed by atoms with E-state index in [-0.39, 0.29) is 17.8 Å². The summed E-state index contributed by atoms with van der Waals surface area (Å²) in [6.07, 6.45) is -0.533. The third-order valence-electron chi connectivity index (χ3n) is 3.90. The third-order valence-corrected chi connectivity index (χ3v) is 3.90. The van der Waals surface area contributed by atoms with Gasteiger partial charge in [0.2, 0.25) is 0 Å². The standard InChI is InChI=1S/C18H15FO5/c1-22-11-4-6-13-15(20)9-16(24-17(13)8-11)10-3-5-12(14(19)7-10)18(21)23-2/h3-8,16H,9H2,1-2H3/t16-/m1/s1. The van der Waals surface area contributed by atoms with Gasteiger partial charge in [0.1, 0.15) is 23.4 Å². The van der Waals surface area contributed by atoms with Crippen molar-refractivity contribution in [2.75, 3.05) is 14.2 Å². The molecule has 0 aliphatic carbocycles. The quantitative estimate of drug-likeness (QED) is 0.808. The molecule has 2 aromatic carbocycles. The second kappa shape index (κ2) is 6.31. The molecule has 0 fully saturated rings. The average molecular weight is 330 g/mol. The molecule has 1 aliphatic rings. The zero-order valence-corrected chi connectivity index (χ0v) is 13.2. The molecule has 0 saturated heterocycles. The first kappa shape index (κ1) is 16.0. The van der Waals surface area contributed by atoms with Crippen molar-refractivity contribution in [3.8, 4) is 11.5 Å². The average Bonchev–Trinajstić information content (AvgIpc) is 2.60. The molecule has 2 aromatic rings. The van der Waals surface area contributed by atoms with Crippen LogP contribution in [0.4, 0.5) is 4.39 Å². The maximum absolute atomic E-state index is 14.1. The Labute approximate surface area is 138 Å². The van der Waals surface area contributed by atoms with Crippen molar-refractivity contribution in [2.24, 2.45) is 0 Å². The Morgan fingerprint density at radius 3 is 2.67 bits per heavy atom. The van der Waals surface area contributed by atoms with Gasteiger partial charge in [-0.05, 0) is 29.8 Å². The maximum Gasteiger partial charge on any atom is 0.340 e. The molecule has 0 bridgehead atoms. The molecular formula is C18H15FO5. The summed E-state index contributed by atoms with van der Waals surface area (Å²) >= 11 is 0. The van der Waals surface area contributed by atoms with Gasteiger partial charge in [0, 0.05) is 6.07 Å². The van der Waals surface area contributed by atoms with Crippen LogP contribution in [0.25, 0.3) is 0 Å². The van der Waals surface area contributed by atoms with Crippen LogP contribution >= 0.6 is 0 Å². The summed E-state index contributed by atoms with van der Waals surface area (Å²) in [5.41, 5.74) is 0.783. The monoisotopic (exact) mass is 330 g/mol. The number of carbonyl (C=O) groups is 2. The number of esters is 1. The van der Waals surface area contributed by atoms with Crippen molar-refractivity contribution in [2.45, 2.75) is 12.5 Å². The van der Waals surface area contributed by atoms with E-state index >= 15 is 0 Å². The van der Waals surface area contributed by atoms with Crippen molar-refractivity contribution in [1.82, 2.24) is 0 Å². The van der Waals surface area contributed by atoms with Gasteiger partial charge in [-0.3, -0.25) is 4.79 Å². The van der Waals surface area contributed by atoms with Crippen LogP contribution in [0, 0.1) is 5.82 Å². The lowest BCUT2D eigenvalue weighted by atomic mass is 9.95. The summed E-state index contributed by atoms with van der Waals surface area (Å²) < 4.78 is 29.6. The number of ketones is 1. The van der Waals surface area contributed by atoms with E-state index in [9.17, 15) is 14.0 Å². The highest BCUT2D eigenvalue weighted by atomic mass is 19.1. The minimum Gasteiger partial charge on any atom is -0.497 e. The lowest BCUT2D eigenvalue weighted by Gasteiger charge is -2.26. The summed E-state index contributed by atoms with van der Waals surface area (Å²) in [6, 6.07) is 9.02. The minimum absolute atomic E-state index is 0.0936. The molecule has 0 aromatic heterocycles. The second-order valence-corrected chi connectivity index (χ2v) is 5.33. The Bertz CT molecular complexity index is 815. The lowest BCUT2D eigenvalue weighted by molar-refractivity contribution is 0.0594. The Kier molecular flexibility index (Phi) is 4.20. The number of methoxy groups -OCH3 is 2. The zero-order valence-electron chi connectivity index (χ0n) is 13.2. The predicted octanol–water partition coefficient (Wildman–Crippen LogP) is 3.33. The number of rotatable bonds is 3. The van der Waals surface area contributed by atoms with E-state index in [4.69, 9.17) is 9.47 Å². The van der Waals surface area contributed by atoms with Gasteiger partial charge >= 0.3 is 5.97 Å². The van der Waals surface area contributed by atoms with Gasteiger partial charge in [0.15, 0.2) is 5.78 Å². The predicted molar refractivity (Wildman–Crippen MR) is 83.1 cm³/mol. The Morgan fingerprint density at radius 1 is 1.21 bits per heavy atom. The number of Topliss-reactive ketones (excluding diaryl/α,β-unsaturated/α-hetero) is 1. The first-order valence-electron chi connectivity index (χ1n) is 7.29. The molecule has 5 nitrogen and oxygen atoms in total. The van der Waals surface area contributed by atoms with E-state index in [1.807, 2.05) is 0 Å². The number of hydrogen-bond acceptors (Lipinski definition) is 5. The molecule has 124 valence electrons. The lowest BCUT2D eigenvalue weighted by Crippen LogP contribution is -2.20. The highest BCUT2D eigenvalue weighted by molar-refractivity contribution is 6.00. The fourth-order valence-corrected chi connectivity index (χ4v) is 2.62. The van der Waals surface area contributed by atoms with Crippen LogP contribution in [-0.4, -0.2) is 26.0 Å². The smallest absolute Gasteiger partial charge is 0.340 e.